The van der Waals surface area contributed by atoms with E-state index in [0.29, 0.717) is 10.7 Å². The number of hydrogen-bond donors (Lipinski definition) is 0. The van der Waals surface area contributed by atoms with Crippen LogP contribution in [0.5, 0.6) is 0 Å². The maximum atomic E-state index is 5.72. The van der Waals surface area contributed by atoms with Crippen molar-refractivity contribution in [2.24, 2.45) is 5.92 Å². The van der Waals surface area contributed by atoms with Crippen molar-refractivity contribution in [2.75, 3.05) is 0 Å². The molecule has 1 aromatic rings. The largest absolute Gasteiger partial charge is 0.461 e. The molecule has 1 heterocycles. The van der Waals surface area contributed by atoms with Gasteiger partial charge in [-0.2, -0.15) is 0 Å². The predicted octanol–water partition coefficient (Wildman–Crippen LogP) is 4.20. The van der Waals surface area contributed by atoms with Crippen LogP contribution >= 0.6 is 15.9 Å². The maximum absolute atomic E-state index is 5.72. The molecule has 14 heavy (non-hydrogen) atoms. The van der Waals surface area contributed by atoms with Crippen molar-refractivity contribution in [2.45, 2.75) is 31.0 Å². The van der Waals surface area contributed by atoms with Gasteiger partial charge >= 0.3 is 0 Å². The molecule has 0 radical (unpaired) electrons. The Morgan fingerprint density at radius 2 is 2.29 bits per heavy atom. The number of furan rings is 1. The Labute approximate surface area is 93.3 Å². The van der Waals surface area contributed by atoms with E-state index in [2.05, 4.69) is 41.9 Å². The van der Waals surface area contributed by atoms with E-state index in [9.17, 15) is 0 Å². The molecular formula is C12H15BrO. The second kappa shape index (κ2) is 3.93. The van der Waals surface area contributed by atoms with Gasteiger partial charge in [-0.15, -0.1) is 0 Å². The lowest BCUT2D eigenvalue weighted by atomic mass is 10.3. The van der Waals surface area contributed by atoms with Gasteiger partial charge in [-0.3, -0.25) is 0 Å². The smallest absolute Gasteiger partial charge is 0.126 e. The number of allylic oxidation sites excluding steroid dienone is 1. The van der Waals surface area contributed by atoms with E-state index in [1.165, 1.54) is 6.42 Å². The van der Waals surface area contributed by atoms with Crippen LogP contribution in [0.4, 0.5) is 0 Å². The highest BCUT2D eigenvalue weighted by molar-refractivity contribution is 9.09. The number of rotatable bonds is 3. The molecule has 1 aromatic heterocycles. The minimum atomic E-state index is 0.399. The first-order chi connectivity index (χ1) is 6.66. The van der Waals surface area contributed by atoms with E-state index in [4.69, 9.17) is 4.42 Å². The fourth-order valence-corrected chi connectivity index (χ4v) is 1.76. The van der Waals surface area contributed by atoms with Crippen molar-refractivity contribution in [3.8, 4) is 0 Å². The van der Waals surface area contributed by atoms with Crippen molar-refractivity contribution < 1.29 is 4.42 Å². The average Bonchev–Trinajstić information content (AvgIpc) is 2.68. The quantitative estimate of drug-likeness (QED) is 0.738. The van der Waals surface area contributed by atoms with Gasteiger partial charge < -0.3 is 4.42 Å². The summed E-state index contributed by atoms with van der Waals surface area (Å²) in [7, 11) is 0. The van der Waals surface area contributed by atoms with Crippen LogP contribution in [0.15, 0.2) is 22.6 Å². The van der Waals surface area contributed by atoms with Crippen LogP contribution < -0.4 is 0 Å². The molecule has 3 unspecified atom stereocenters. The SMILES string of the molecule is CC(Br)/C=C/c1ccc(C2CC2C)o1. The highest BCUT2D eigenvalue weighted by Gasteiger charge is 2.36. The van der Waals surface area contributed by atoms with Gasteiger partial charge in [0.1, 0.15) is 11.5 Å². The zero-order chi connectivity index (χ0) is 10.1. The maximum Gasteiger partial charge on any atom is 0.126 e. The summed E-state index contributed by atoms with van der Waals surface area (Å²) >= 11 is 3.46. The van der Waals surface area contributed by atoms with Crippen LogP contribution in [0.2, 0.25) is 0 Å². The van der Waals surface area contributed by atoms with E-state index in [-0.39, 0.29) is 0 Å². The molecule has 0 aliphatic heterocycles. The average molecular weight is 255 g/mol. The van der Waals surface area contributed by atoms with E-state index < -0.39 is 0 Å². The Kier molecular flexibility index (Phi) is 2.82. The lowest BCUT2D eigenvalue weighted by molar-refractivity contribution is 0.497. The standard InChI is InChI=1S/C12H15BrO/c1-8-7-11(8)12-6-5-10(14-12)4-3-9(2)13/h3-6,8-9,11H,7H2,1-2H3/b4-3+. The van der Waals surface area contributed by atoms with Crippen LogP contribution in [0.3, 0.4) is 0 Å². The van der Waals surface area contributed by atoms with Gasteiger partial charge in [0.05, 0.1) is 0 Å². The zero-order valence-corrected chi connectivity index (χ0v) is 10.1. The van der Waals surface area contributed by atoms with Crippen LogP contribution in [0, 0.1) is 5.92 Å². The molecule has 1 aliphatic rings. The molecule has 0 bridgehead atoms. The zero-order valence-electron chi connectivity index (χ0n) is 8.53. The van der Waals surface area contributed by atoms with Crippen LogP contribution in [-0.4, -0.2) is 4.83 Å². The van der Waals surface area contributed by atoms with Gasteiger partial charge in [0.2, 0.25) is 0 Å². The molecule has 1 aliphatic carbocycles. The summed E-state index contributed by atoms with van der Waals surface area (Å²) in [5.41, 5.74) is 0. The highest BCUT2D eigenvalue weighted by atomic mass is 79.9. The topological polar surface area (TPSA) is 13.1 Å². The predicted molar refractivity (Wildman–Crippen MR) is 62.7 cm³/mol. The van der Waals surface area contributed by atoms with Gasteiger partial charge in [0.25, 0.3) is 0 Å². The van der Waals surface area contributed by atoms with Gasteiger partial charge in [0.15, 0.2) is 0 Å². The van der Waals surface area contributed by atoms with Crippen molar-refractivity contribution in [3.05, 3.63) is 29.7 Å². The third-order valence-corrected chi connectivity index (χ3v) is 2.95. The van der Waals surface area contributed by atoms with Gasteiger partial charge in [-0.05, 0) is 37.5 Å². The number of alkyl halides is 1. The molecule has 0 aromatic carbocycles. The van der Waals surface area contributed by atoms with E-state index in [1.54, 1.807) is 0 Å². The van der Waals surface area contributed by atoms with Gasteiger partial charge in [-0.1, -0.05) is 28.9 Å². The summed E-state index contributed by atoms with van der Waals surface area (Å²) < 4.78 is 5.72. The Hall–Kier alpha value is -0.500. The first-order valence-electron chi connectivity index (χ1n) is 5.09. The van der Waals surface area contributed by atoms with E-state index in [1.807, 2.05) is 12.1 Å². The molecular weight excluding hydrogens is 240 g/mol. The molecule has 1 nitrogen and oxygen atoms in total. The Morgan fingerprint density at radius 1 is 1.57 bits per heavy atom. The number of halogens is 1. The van der Waals surface area contributed by atoms with E-state index >= 15 is 0 Å². The molecule has 2 rings (SSSR count). The fourth-order valence-electron chi connectivity index (χ4n) is 1.60. The summed E-state index contributed by atoms with van der Waals surface area (Å²) in [6.45, 7) is 4.35. The molecule has 76 valence electrons. The second-order valence-corrected chi connectivity index (χ2v) is 5.54. The van der Waals surface area contributed by atoms with Gasteiger partial charge in [0, 0.05) is 10.7 Å². The summed E-state index contributed by atoms with van der Waals surface area (Å²) in [6.07, 6.45) is 5.39. The monoisotopic (exact) mass is 254 g/mol. The Balaban J connectivity index is 2.03. The summed E-state index contributed by atoms with van der Waals surface area (Å²) in [5.74, 6) is 3.61. The summed E-state index contributed by atoms with van der Waals surface area (Å²) in [5, 5.41) is 0. The van der Waals surface area contributed by atoms with Crippen LogP contribution in [0.1, 0.15) is 37.7 Å². The summed E-state index contributed by atoms with van der Waals surface area (Å²) in [4.78, 5) is 0.399. The molecule has 1 fully saturated rings. The van der Waals surface area contributed by atoms with Crippen molar-refractivity contribution in [3.63, 3.8) is 0 Å². The van der Waals surface area contributed by atoms with E-state index in [0.717, 1.165) is 17.4 Å². The molecule has 0 N–H and O–H groups in total. The molecule has 3 atom stereocenters. The van der Waals surface area contributed by atoms with Crippen LogP contribution in [0.25, 0.3) is 6.08 Å². The summed E-state index contributed by atoms with van der Waals surface area (Å²) in [6, 6.07) is 4.15. The van der Waals surface area contributed by atoms with Gasteiger partial charge in [-0.25, -0.2) is 0 Å². The minimum Gasteiger partial charge on any atom is -0.461 e. The first-order valence-corrected chi connectivity index (χ1v) is 6.00. The first kappa shape index (κ1) is 10.0. The lowest BCUT2D eigenvalue weighted by Crippen LogP contribution is -1.78. The fraction of sp³-hybridized carbons (Fsp3) is 0.500. The second-order valence-electron chi connectivity index (χ2n) is 4.10. The van der Waals surface area contributed by atoms with Crippen LogP contribution in [-0.2, 0) is 0 Å². The van der Waals surface area contributed by atoms with Crippen molar-refractivity contribution in [1.82, 2.24) is 0 Å². The Bertz CT molecular complexity index is 338. The molecule has 0 amide bonds. The Morgan fingerprint density at radius 3 is 2.86 bits per heavy atom. The normalized spacial score (nSPS) is 28.2. The molecule has 1 saturated carbocycles. The van der Waals surface area contributed by atoms with Crippen molar-refractivity contribution in [1.29, 1.82) is 0 Å². The molecule has 2 heteroatoms. The lowest BCUT2D eigenvalue weighted by Gasteiger charge is -1.91. The van der Waals surface area contributed by atoms with Crippen molar-refractivity contribution >= 4 is 22.0 Å². The third kappa shape index (κ3) is 2.30. The number of hydrogen-bond acceptors (Lipinski definition) is 1. The third-order valence-electron chi connectivity index (χ3n) is 2.65. The molecule has 0 saturated heterocycles. The minimum absolute atomic E-state index is 0.399. The highest BCUT2D eigenvalue weighted by Crippen LogP contribution is 2.47. The molecule has 0 spiro atoms.